The second-order valence-electron chi connectivity index (χ2n) is 7.73. The zero-order chi connectivity index (χ0) is 22.9. The van der Waals surface area contributed by atoms with Gasteiger partial charge >= 0.3 is 0 Å². The predicted octanol–water partition coefficient (Wildman–Crippen LogP) is 4.78. The molecule has 0 radical (unpaired) electrons. The molecule has 2 aromatic carbocycles. The molecule has 2 amide bonds. The molecule has 7 nitrogen and oxygen atoms in total. The van der Waals surface area contributed by atoms with Crippen molar-refractivity contribution >= 4 is 23.2 Å². The van der Waals surface area contributed by atoms with E-state index in [0.717, 1.165) is 0 Å². The first-order valence-corrected chi connectivity index (χ1v) is 10.5. The number of rotatable bonds is 11. The van der Waals surface area contributed by atoms with E-state index in [1.54, 1.807) is 37.3 Å². The Morgan fingerprint density at radius 2 is 1.68 bits per heavy atom. The SMILES string of the molecule is CCOCOc1ccccc1NC(=O)C(C)CC(C)(CC)C(=O)Nc1ccccc1O. The quantitative estimate of drug-likeness (QED) is 0.272. The number of phenols is 1. The number of ether oxygens (including phenoxy) is 2. The van der Waals surface area contributed by atoms with E-state index in [-0.39, 0.29) is 24.4 Å². The highest BCUT2D eigenvalue weighted by atomic mass is 16.7. The Morgan fingerprint density at radius 1 is 1.03 bits per heavy atom. The summed E-state index contributed by atoms with van der Waals surface area (Å²) in [5.41, 5.74) is 0.116. The molecule has 0 fully saturated rings. The van der Waals surface area contributed by atoms with E-state index in [0.29, 0.717) is 36.6 Å². The lowest BCUT2D eigenvalue weighted by atomic mass is 9.78. The molecule has 0 aliphatic heterocycles. The second-order valence-corrected chi connectivity index (χ2v) is 7.73. The molecule has 0 saturated carbocycles. The molecule has 0 saturated heterocycles. The number of carbonyl (C=O) groups is 2. The molecule has 0 bridgehead atoms. The highest BCUT2D eigenvalue weighted by molar-refractivity contribution is 5.98. The van der Waals surface area contributed by atoms with Crippen LogP contribution >= 0.6 is 0 Å². The van der Waals surface area contributed by atoms with Gasteiger partial charge in [0.1, 0.15) is 11.5 Å². The van der Waals surface area contributed by atoms with Crippen LogP contribution in [0.1, 0.15) is 40.5 Å². The molecule has 0 aromatic heterocycles. The van der Waals surface area contributed by atoms with Crippen LogP contribution in [0.25, 0.3) is 0 Å². The summed E-state index contributed by atoms with van der Waals surface area (Å²) in [6.07, 6.45) is 0.884. The number of para-hydroxylation sites is 4. The molecular formula is C24H32N2O5. The van der Waals surface area contributed by atoms with Crippen LogP contribution < -0.4 is 15.4 Å². The zero-order valence-corrected chi connectivity index (χ0v) is 18.6. The first kappa shape index (κ1) is 24.2. The topological polar surface area (TPSA) is 96.9 Å². The van der Waals surface area contributed by atoms with E-state index in [2.05, 4.69) is 10.6 Å². The summed E-state index contributed by atoms with van der Waals surface area (Å²) >= 11 is 0. The van der Waals surface area contributed by atoms with Gasteiger partial charge in [-0.05, 0) is 44.0 Å². The van der Waals surface area contributed by atoms with Gasteiger partial charge in [-0.2, -0.15) is 0 Å². The van der Waals surface area contributed by atoms with Crippen LogP contribution in [0.4, 0.5) is 11.4 Å². The maximum atomic E-state index is 12.9. The van der Waals surface area contributed by atoms with Gasteiger partial charge < -0.3 is 25.2 Å². The molecule has 0 aliphatic rings. The van der Waals surface area contributed by atoms with E-state index in [1.165, 1.54) is 6.07 Å². The van der Waals surface area contributed by atoms with Crippen LogP contribution in [0.2, 0.25) is 0 Å². The zero-order valence-electron chi connectivity index (χ0n) is 18.6. The summed E-state index contributed by atoms with van der Waals surface area (Å²) in [7, 11) is 0. The van der Waals surface area contributed by atoms with Crippen molar-refractivity contribution in [1.82, 2.24) is 0 Å². The third-order valence-corrected chi connectivity index (χ3v) is 5.33. The molecule has 0 heterocycles. The highest BCUT2D eigenvalue weighted by Gasteiger charge is 2.35. The number of nitrogens with one attached hydrogen (secondary N) is 2. The summed E-state index contributed by atoms with van der Waals surface area (Å²) < 4.78 is 10.8. The lowest BCUT2D eigenvalue weighted by Gasteiger charge is -2.29. The lowest BCUT2D eigenvalue weighted by molar-refractivity contribution is -0.127. The van der Waals surface area contributed by atoms with Crippen molar-refractivity contribution in [2.75, 3.05) is 24.0 Å². The average molecular weight is 429 g/mol. The number of anilines is 2. The van der Waals surface area contributed by atoms with E-state index in [4.69, 9.17) is 9.47 Å². The minimum absolute atomic E-state index is 0.00348. The number of phenolic OH excluding ortho intramolecular Hbond substituents is 1. The van der Waals surface area contributed by atoms with Gasteiger partial charge in [-0.15, -0.1) is 0 Å². The molecule has 0 aliphatic carbocycles. The summed E-state index contributed by atoms with van der Waals surface area (Å²) in [5, 5.41) is 15.6. The number of carbonyl (C=O) groups excluding carboxylic acids is 2. The van der Waals surface area contributed by atoms with Gasteiger partial charge in [0.15, 0.2) is 6.79 Å². The van der Waals surface area contributed by atoms with Gasteiger partial charge in [-0.3, -0.25) is 9.59 Å². The van der Waals surface area contributed by atoms with Crippen LogP contribution in [0.15, 0.2) is 48.5 Å². The number of aromatic hydroxyl groups is 1. The van der Waals surface area contributed by atoms with Gasteiger partial charge in [0.2, 0.25) is 11.8 Å². The Kier molecular flexibility index (Phi) is 8.88. The molecule has 7 heteroatoms. The van der Waals surface area contributed by atoms with Crippen molar-refractivity contribution in [1.29, 1.82) is 0 Å². The van der Waals surface area contributed by atoms with Gasteiger partial charge in [0.05, 0.1) is 11.4 Å². The maximum Gasteiger partial charge on any atom is 0.230 e. The Bertz CT molecular complexity index is 886. The predicted molar refractivity (Wildman–Crippen MR) is 121 cm³/mol. The first-order chi connectivity index (χ1) is 14.8. The molecule has 2 aromatic rings. The lowest BCUT2D eigenvalue weighted by Crippen LogP contribution is -2.37. The third kappa shape index (κ3) is 6.72. The number of benzene rings is 2. The van der Waals surface area contributed by atoms with E-state index in [9.17, 15) is 14.7 Å². The average Bonchev–Trinajstić information content (AvgIpc) is 2.76. The number of hydrogen-bond acceptors (Lipinski definition) is 5. The maximum absolute atomic E-state index is 12.9. The summed E-state index contributed by atoms with van der Waals surface area (Å²) in [4.78, 5) is 25.8. The normalized spacial score (nSPS) is 13.7. The summed E-state index contributed by atoms with van der Waals surface area (Å²) in [5.74, 6) is -0.352. The molecule has 3 N–H and O–H groups in total. The minimum Gasteiger partial charge on any atom is -0.506 e. The van der Waals surface area contributed by atoms with Gasteiger partial charge in [0, 0.05) is 17.9 Å². The van der Waals surface area contributed by atoms with Crippen LogP contribution in [0.5, 0.6) is 11.5 Å². The van der Waals surface area contributed by atoms with Crippen LogP contribution in [-0.4, -0.2) is 30.3 Å². The van der Waals surface area contributed by atoms with Crippen LogP contribution in [0, 0.1) is 11.3 Å². The summed E-state index contributed by atoms with van der Waals surface area (Å²) in [6, 6.07) is 13.7. The molecule has 168 valence electrons. The molecular weight excluding hydrogens is 396 g/mol. The largest absolute Gasteiger partial charge is 0.506 e. The van der Waals surface area contributed by atoms with Crippen molar-refractivity contribution in [3.05, 3.63) is 48.5 Å². The number of hydrogen-bond donors (Lipinski definition) is 3. The highest BCUT2D eigenvalue weighted by Crippen LogP contribution is 2.34. The van der Waals surface area contributed by atoms with Crippen LogP contribution in [-0.2, 0) is 14.3 Å². The fourth-order valence-corrected chi connectivity index (χ4v) is 3.16. The third-order valence-electron chi connectivity index (χ3n) is 5.33. The Morgan fingerprint density at radius 3 is 2.32 bits per heavy atom. The van der Waals surface area contributed by atoms with Crippen molar-refractivity contribution in [2.45, 2.75) is 40.5 Å². The van der Waals surface area contributed by atoms with Crippen molar-refractivity contribution in [2.24, 2.45) is 11.3 Å². The molecule has 2 unspecified atom stereocenters. The van der Waals surface area contributed by atoms with Gasteiger partial charge in [-0.25, -0.2) is 0 Å². The fourth-order valence-electron chi connectivity index (χ4n) is 3.16. The van der Waals surface area contributed by atoms with Crippen molar-refractivity contribution in [3.63, 3.8) is 0 Å². The Labute approximate surface area is 183 Å². The second kappa shape index (κ2) is 11.4. The minimum atomic E-state index is -0.788. The van der Waals surface area contributed by atoms with Gasteiger partial charge in [-0.1, -0.05) is 45.0 Å². The Balaban J connectivity index is 2.05. The van der Waals surface area contributed by atoms with Crippen molar-refractivity contribution < 1.29 is 24.2 Å². The monoisotopic (exact) mass is 428 g/mol. The smallest absolute Gasteiger partial charge is 0.230 e. The molecule has 0 spiro atoms. The van der Waals surface area contributed by atoms with Gasteiger partial charge in [0.25, 0.3) is 0 Å². The van der Waals surface area contributed by atoms with E-state index in [1.807, 2.05) is 32.9 Å². The molecule has 2 rings (SSSR count). The fraction of sp³-hybridized carbons (Fsp3) is 0.417. The molecule has 31 heavy (non-hydrogen) atoms. The van der Waals surface area contributed by atoms with Crippen LogP contribution in [0.3, 0.4) is 0 Å². The molecule has 2 atom stereocenters. The Hall–Kier alpha value is -3.06. The standard InChI is InChI=1S/C24H32N2O5/c1-5-24(4,23(29)26-18-11-7-9-13-20(18)27)15-17(3)22(28)25-19-12-8-10-14-21(19)31-16-30-6-2/h7-14,17,27H,5-6,15-16H2,1-4H3,(H,25,28)(H,26,29). The summed E-state index contributed by atoms with van der Waals surface area (Å²) in [6.45, 7) is 8.03. The number of amides is 2. The van der Waals surface area contributed by atoms with E-state index >= 15 is 0 Å². The van der Waals surface area contributed by atoms with Crippen molar-refractivity contribution in [3.8, 4) is 11.5 Å². The van der Waals surface area contributed by atoms with E-state index < -0.39 is 11.3 Å². The first-order valence-electron chi connectivity index (χ1n) is 10.5.